The molecule has 18 heavy (non-hydrogen) atoms. The molecule has 0 aliphatic carbocycles. The Morgan fingerprint density at radius 1 is 1.44 bits per heavy atom. The number of hydrogen-bond donors (Lipinski definition) is 1. The molecule has 0 spiro atoms. The minimum absolute atomic E-state index is 0.00283. The second-order valence-electron chi connectivity index (χ2n) is 5.07. The number of nitrogens with one attached hydrogen (secondary N) is 1. The van der Waals surface area contributed by atoms with Crippen LogP contribution in [0.2, 0.25) is 0 Å². The van der Waals surface area contributed by atoms with E-state index >= 15 is 0 Å². The van der Waals surface area contributed by atoms with Crippen LogP contribution in [0.5, 0.6) is 0 Å². The molecule has 0 saturated carbocycles. The summed E-state index contributed by atoms with van der Waals surface area (Å²) in [6, 6.07) is -0.481. The monoisotopic (exact) mass is 256 g/mol. The summed E-state index contributed by atoms with van der Waals surface area (Å²) in [5.41, 5.74) is 0. The van der Waals surface area contributed by atoms with Crippen molar-refractivity contribution in [3.05, 3.63) is 0 Å². The van der Waals surface area contributed by atoms with Crippen LogP contribution in [-0.2, 0) is 14.3 Å². The third kappa shape index (κ3) is 3.70. The van der Waals surface area contributed by atoms with E-state index in [0.717, 1.165) is 0 Å². The predicted octanol–water partition coefficient (Wildman–Crippen LogP) is 0.784. The van der Waals surface area contributed by atoms with Crippen LogP contribution < -0.4 is 5.32 Å². The molecule has 1 heterocycles. The van der Waals surface area contributed by atoms with Crippen LogP contribution in [0.3, 0.4) is 0 Å². The first-order valence-electron chi connectivity index (χ1n) is 6.65. The van der Waals surface area contributed by atoms with Crippen LogP contribution in [0.15, 0.2) is 0 Å². The van der Waals surface area contributed by atoms with Crippen LogP contribution >= 0.6 is 0 Å². The normalized spacial score (nSPS) is 25.3. The molecule has 104 valence electrons. The summed E-state index contributed by atoms with van der Waals surface area (Å²) in [4.78, 5) is 25.9. The van der Waals surface area contributed by atoms with Gasteiger partial charge in [-0.2, -0.15) is 0 Å². The van der Waals surface area contributed by atoms with Gasteiger partial charge in [0.1, 0.15) is 6.04 Å². The number of hydrogen-bond acceptors (Lipinski definition) is 3. The predicted molar refractivity (Wildman–Crippen MR) is 69.1 cm³/mol. The van der Waals surface area contributed by atoms with Crippen molar-refractivity contribution < 1.29 is 14.3 Å². The molecular formula is C13H24N2O3. The molecule has 1 aliphatic rings. The summed E-state index contributed by atoms with van der Waals surface area (Å²) in [5, 5.41) is 2.81. The van der Waals surface area contributed by atoms with Gasteiger partial charge >= 0.3 is 0 Å². The fraction of sp³-hybridized carbons (Fsp3) is 0.846. The number of carbonyl (C=O) groups is 2. The highest BCUT2D eigenvalue weighted by Gasteiger charge is 2.35. The molecule has 5 nitrogen and oxygen atoms in total. The van der Waals surface area contributed by atoms with Crippen LogP contribution in [0.1, 0.15) is 34.1 Å². The molecular weight excluding hydrogens is 232 g/mol. The zero-order valence-electron chi connectivity index (χ0n) is 11.7. The van der Waals surface area contributed by atoms with Crippen molar-refractivity contribution >= 4 is 11.8 Å². The first kappa shape index (κ1) is 15.0. The van der Waals surface area contributed by atoms with Crippen molar-refractivity contribution in [3.8, 4) is 0 Å². The smallest absolute Gasteiger partial charge is 0.245 e. The highest BCUT2D eigenvalue weighted by molar-refractivity contribution is 5.90. The Hall–Kier alpha value is -1.10. The molecule has 1 fully saturated rings. The van der Waals surface area contributed by atoms with Crippen LogP contribution in [0.4, 0.5) is 0 Å². The van der Waals surface area contributed by atoms with Crippen molar-refractivity contribution in [1.82, 2.24) is 10.2 Å². The van der Waals surface area contributed by atoms with Gasteiger partial charge in [-0.3, -0.25) is 9.59 Å². The van der Waals surface area contributed by atoms with Crippen LogP contribution in [0, 0.1) is 5.92 Å². The van der Waals surface area contributed by atoms with E-state index in [9.17, 15) is 9.59 Å². The Balaban J connectivity index is 2.77. The van der Waals surface area contributed by atoms with E-state index in [1.165, 1.54) is 0 Å². The van der Waals surface area contributed by atoms with Gasteiger partial charge in [-0.15, -0.1) is 0 Å². The van der Waals surface area contributed by atoms with E-state index in [-0.39, 0.29) is 23.8 Å². The molecule has 0 aromatic heterocycles. The van der Waals surface area contributed by atoms with Gasteiger partial charge in [-0.05, 0) is 19.8 Å². The van der Waals surface area contributed by atoms with Gasteiger partial charge < -0.3 is 15.0 Å². The van der Waals surface area contributed by atoms with E-state index < -0.39 is 6.04 Å². The molecule has 1 rings (SSSR count). The van der Waals surface area contributed by atoms with E-state index in [0.29, 0.717) is 26.2 Å². The minimum atomic E-state index is -0.413. The zero-order chi connectivity index (χ0) is 13.7. The molecule has 2 unspecified atom stereocenters. The quantitative estimate of drug-likeness (QED) is 0.740. The number of amides is 2. The highest BCUT2D eigenvalue weighted by atomic mass is 16.5. The number of carbonyl (C=O) groups excluding carboxylic acids is 2. The maximum Gasteiger partial charge on any atom is 0.245 e. The largest absolute Gasteiger partial charge is 0.380 e. The zero-order valence-corrected chi connectivity index (χ0v) is 11.7. The average molecular weight is 256 g/mol. The van der Waals surface area contributed by atoms with E-state index in [4.69, 9.17) is 4.74 Å². The summed E-state index contributed by atoms with van der Waals surface area (Å²) < 4.78 is 5.30. The molecule has 1 saturated heterocycles. The number of rotatable bonds is 5. The maximum atomic E-state index is 12.4. The van der Waals surface area contributed by atoms with Gasteiger partial charge in [0, 0.05) is 25.6 Å². The first-order chi connectivity index (χ1) is 8.47. The van der Waals surface area contributed by atoms with Crippen molar-refractivity contribution in [3.63, 3.8) is 0 Å². The third-order valence-electron chi connectivity index (χ3n) is 3.23. The Labute approximate surface area is 109 Å². The average Bonchev–Trinajstić information content (AvgIpc) is 2.39. The third-order valence-corrected chi connectivity index (χ3v) is 3.23. The van der Waals surface area contributed by atoms with Gasteiger partial charge in [-0.1, -0.05) is 13.8 Å². The van der Waals surface area contributed by atoms with Gasteiger partial charge in [0.25, 0.3) is 0 Å². The SMILES string of the molecule is CCOCCN1C(=O)C(C(C)C)NC(=O)CC1C. The summed E-state index contributed by atoms with van der Waals surface area (Å²) >= 11 is 0. The van der Waals surface area contributed by atoms with Gasteiger partial charge in [-0.25, -0.2) is 0 Å². The number of ether oxygens (including phenoxy) is 1. The Morgan fingerprint density at radius 2 is 2.11 bits per heavy atom. The summed E-state index contributed by atoms with van der Waals surface area (Å²) in [6.45, 7) is 9.43. The van der Waals surface area contributed by atoms with E-state index in [1.54, 1.807) is 4.90 Å². The van der Waals surface area contributed by atoms with E-state index in [2.05, 4.69) is 5.32 Å². The summed E-state index contributed by atoms with van der Waals surface area (Å²) in [5.74, 6) is 0.0536. The Kier molecular flexibility index (Phi) is 5.59. The second-order valence-corrected chi connectivity index (χ2v) is 5.07. The summed E-state index contributed by atoms with van der Waals surface area (Å²) in [6.07, 6.45) is 0.362. The molecule has 2 atom stereocenters. The molecule has 1 N–H and O–H groups in total. The van der Waals surface area contributed by atoms with Crippen LogP contribution in [-0.4, -0.2) is 48.6 Å². The van der Waals surface area contributed by atoms with Crippen LogP contribution in [0.25, 0.3) is 0 Å². The molecule has 0 aromatic carbocycles. The molecule has 5 heteroatoms. The lowest BCUT2D eigenvalue weighted by atomic mass is 10.0. The van der Waals surface area contributed by atoms with E-state index in [1.807, 2.05) is 27.7 Å². The molecule has 0 aromatic rings. The molecule has 1 aliphatic heterocycles. The summed E-state index contributed by atoms with van der Waals surface area (Å²) in [7, 11) is 0. The fourth-order valence-electron chi connectivity index (χ4n) is 2.16. The minimum Gasteiger partial charge on any atom is -0.380 e. The van der Waals surface area contributed by atoms with Crippen molar-refractivity contribution in [2.45, 2.75) is 46.2 Å². The Morgan fingerprint density at radius 3 is 2.67 bits per heavy atom. The first-order valence-corrected chi connectivity index (χ1v) is 6.65. The number of nitrogens with zero attached hydrogens (tertiary/aromatic N) is 1. The molecule has 0 radical (unpaired) electrons. The topological polar surface area (TPSA) is 58.6 Å². The second kappa shape index (κ2) is 6.73. The van der Waals surface area contributed by atoms with Crippen molar-refractivity contribution in [2.75, 3.05) is 19.8 Å². The van der Waals surface area contributed by atoms with Gasteiger partial charge in [0.05, 0.1) is 6.61 Å². The lowest BCUT2D eigenvalue weighted by Gasteiger charge is -2.29. The fourth-order valence-corrected chi connectivity index (χ4v) is 2.16. The van der Waals surface area contributed by atoms with Crippen molar-refractivity contribution in [2.24, 2.45) is 5.92 Å². The lowest BCUT2D eigenvalue weighted by molar-refractivity contribution is -0.136. The van der Waals surface area contributed by atoms with Gasteiger partial charge in [0.15, 0.2) is 0 Å². The Bertz CT molecular complexity index is 305. The van der Waals surface area contributed by atoms with Gasteiger partial charge in [0.2, 0.25) is 11.8 Å². The standard InChI is InChI=1S/C13H24N2O3/c1-5-18-7-6-15-10(4)8-11(16)14-12(9(2)3)13(15)17/h9-10,12H,5-8H2,1-4H3,(H,14,16). The molecule has 0 bridgehead atoms. The lowest BCUT2D eigenvalue weighted by Crippen LogP contribution is -2.49. The maximum absolute atomic E-state index is 12.4. The molecule has 2 amide bonds. The van der Waals surface area contributed by atoms with Crippen molar-refractivity contribution in [1.29, 1.82) is 0 Å². The highest BCUT2D eigenvalue weighted by Crippen LogP contribution is 2.15.